The Hall–Kier alpha value is -5.47. The lowest BCUT2D eigenvalue weighted by molar-refractivity contribution is 0.0926. The maximum atomic E-state index is 13.8. The second kappa shape index (κ2) is 8.29. The fraction of sp³-hybridized carbons (Fsp3) is 0. The highest BCUT2D eigenvalue weighted by molar-refractivity contribution is 6.35. The van der Waals surface area contributed by atoms with Crippen molar-refractivity contribution >= 4 is 39.3 Å². The van der Waals surface area contributed by atoms with E-state index in [9.17, 15) is 14.9 Å². The summed E-state index contributed by atoms with van der Waals surface area (Å²) in [6, 6.07) is 38.4. The number of hydrogen-bond donors (Lipinski definition) is 0. The van der Waals surface area contributed by atoms with E-state index in [2.05, 4.69) is 22.8 Å². The third-order valence-corrected chi connectivity index (χ3v) is 7.18. The Labute approximate surface area is 218 Å². The minimum atomic E-state index is -0.336. The van der Waals surface area contributed by atoms with Crippen LogP contribution in [0.1, 0.15) is 26.3 Å². The van der Waals surface area contributed by atoms with Crippen molar-refractivity contribution < 1.29 is 9.59 Å². The van der Waals surface area contributed by atoms with Gasteiger partial charge in [-0.3, -0.25) is 9.59 Å². The van der Waals surface area contributed by atoms with E-state index in [1.165, 1.54) is 4.90 Å². The van der Waals surface area contributed by atoms with Gasteiger partial charge in [-0.15, -0.1) is 0 Å². The lowest BCUT2D eigenvalue weighted by atomic mass is 9.98. The average molecular weight is 490 g/mol. The van der Waals surface area contributed by atoms with Crippen LogP contribution in [0.4, 0.5) is 5.69 Å². The maximum Gasteiger partial charge on any atom is 0.268 e. The first-order valence-corrected chi connectivity index (χ1v) is 12.3. The second-order valence-electron chi connectivity index (χ2n) is 9.22. The number of benzene rings is 5. The fourth-order valence-corrected chi connectivity index (χ4v) is 5.50. The average Bonchev–Trinajstić information content (AvgIpc) is 3.44. The molecule has 0 fully saturated rings. The van der Waals surface area contributed by atoms with Crippen LogP contribution in [0.5, 0.6) is 0 Å². The molecule has 0 bridgehead atoms. The van der Waals surface area contributed by atoms with Gasteiger partial charge in [0.15, 0.2) is 0 Å². The summed E-state index contributed by atoms with van der Waals surface area (Å²) >= 11 is 0. The van der Waals surface area contributed by atoms with Gasteiger partial charge in [-0.2, -0.15) is 5.26 Å². The molecule has 0 atom stereocenters. The number of aromatic nitrogens is 1. The van der Waals surface area contributed by atoms with Crippen LogP contribution in [0.15, 0.2) is 115 Å². The van der Waals surface area contributed by atoms with E-state index >= 15 is 0 Å². The van der Waals surface area contributed by atoms with Gasteiger partial charge in [-0.05, 0) is 59.7 Å². The van der Waals surface area contributed by atoms with Crippen LogP contribution >= 0.6 is 0 Å². The van der Waals surface area contributed by atoms with Gasteiger partial charge in [0.25, 0.3) is 11.8 Å². The summed E-state index contributed by atoms with van der Waals surface area (Å²) in [5.41, 5.74) is 6.26. The SMILES string of the molecule is N#Cc1ccccc1-c1ccc2c(c1)c1ccccc1n2-c1cccc2c1C(=O)N(c1ccccc1)C2=O. The summed E-state index contributed by atoms with van der Waals surface area (Å²) in [7, 11) is 0. The molecule has 178 valence electrons. The number of para-hydroxylation sites is 2. The number of anilines is 1. The van der Waals surface area contributed by atoms with Gasteiger partial charge in [0.1, 0.15) is 0 Å². The van der Waals surface area contributed by atoms with Gasteiger partial charge in [-0.25, -0.2) is 4.90 Å². The predicted octanol–water partition coefficient (Wildman–Crippen LogP) is 7.12. The Morgan fingerprint density at radius 2 is 1.32 bits per heavy atom. The number of amides is 2. The molecule has 0 saturated heterocycles. The lowest BCUT2D eigenvalue weighted by Crippen LogP contribution is -2.29. The molecule has 7 rings (SSSR count). The van der Waals surface area contributed by atoms with Crippen LogP contribution in [-0.4, -0.2) is 16.4 Å². The van der Waals surface area contributed by atoms with E-state index in [-0.39, 0.29) is 11.8 Å². The first kappa shape index (κ1) is 21.8. The monoisotopic (exact) mass is 489 g/mol. The molecular formula is C33H19N3O2. The van der Waals surface area contributed by atoms with E-state index in [0.29, 0.717) is 28.1 Å². The number of imide groups is 1. The predicted molar refractivity (Wildman–Crippen MR) is 149 cm³/mol. The largest absolute Gasteiger partial charge is 0.308 e. The van der Waals surface area contributed by atoms with Crippen molar-refractivity contribution in [3.63, 3.8) is 0 Å². The highest BCUT2D eigenvalue weighted by Gasteiger charge is 2.39. The maximum absolute atomic E-state index is 13.8. The fourth-order valence-electron chi connectivity index (χ4n) is 5.50. The Bertz CT molecular complexity index is 1980. The summed E-state index contributed by atoms with van der Waals surface area (Å²) in [5, 5.41) is 11.7. The second-order valence-corrected chi connectivity index (χ2v) is 9.22. The number of rotatable bonds is 3. The van der Waals surface area contributed by atoms with E-state index in [1.54, 1.807) is 18.2 Å². The Balaban J connectivity index is 1.48. The Morgan fingerprint density at radius 3 is 2.16 bits per heavy atom. The highest BCUT2D eigenvalue weighted by atomic mass is 16.2. The van der Waals surface area contributed by atoms with E-state index < -0.39 is 0 Å². The zero-order chi connectivity index (χ0) is 25.8. The molecule has 0 saturated carbocycles. The third-order valence-electron chi connectivity index (χ3n) is 7.18. The molecule has 0 unspecified atom stereocenters. The summed E-state index contributed by atoms with van der Waals surface area (Å²) in [6.07, 6.45) is 0. The highest BCUT2D eigenvalue weighted by Crippen LogP contribution is 2.39. The standard InChI is InChI=1S/C33H19N3O2/c34-20-22-9-4-5-12-24(22)21-17-18-29-27(19-21)25-13-6-7-15-28(25)36(29)30-16-8-14-26-31(30)33(38)35(32(26)37)23-10-2-1-3-11-23/h1-19H. The van der Waals surface area contributed by atoms with Gasteiger partial charge >= 0.3 is 0 Å². The van der Waals surface area contributed by atoms with E-state index in [1.807, 2.05) is 84.9 Å². The number of nitrogens with zero attached hydrogens (tertiary/aromatic N) is 3. The van der Waals surface area contributed by atoms with Crippen molar-refractivity contribution in [2.45, 2.75) is 0 Å². The number of nitriles is 1. The molecule has 38 heavy (non-hydrogen) atoms. The minimum absolute atomic E-state index is 0.325. The molecular weight excluding hydrogens is 470 g/mol. The van der Waals surface area contributed by atoms with Crippen LogP contribution < -0.4 is 4.90 Å². The summed E-state index contributed by atoms with van der Waals surface area (Å²) in [4.78, 5) is 28.4. The minimum Gasteiger partial charge on any atom is -0.308 e. The first-order valence-electron chi connectivity index (χ1n) is 12.3. The zero-order valence-electron chi connectivity index (χ0n) is 20.1. The molecule has 1 aliphatic rings. The first-order chi connectivity index (χ1) is 18.7. The van der Waals surface area contributed by atoms with Crippen LogP contribution in [0, 0.1) is 11.3 Å². The van der Waals surface area contributed by atoms with Crippen molar-refractivity contribution in [1.29, 1.82) is 5.26 Å². The van der Waals surface area contributed by atoms with Crippen molar-refractivity contribution in [3.05, 3.63) is 132 Å². The molecule has 1 aromatic heterocycles. The summed E-state index contributed by atoms with van der Waals surface area (Å²) in [5.74, 6) is -0.661. The van der Waals surface area contributed by atoms with Crippen LogP contribution in [-0.2, 0) is 0 Å². The van der Waals surface area contributed by atoms with Crippen molar-refractivity contribution in [2.24, 2.45) is 0 Å². The number of carbonyl (C=O) groups excluding carboxylic acids is 2. The molecule has 0 N–H and O–H groups in total. The number of hydrogen-bond acceptors (Lipinski definition) is 3. The van der Waals surface area contributed by atoms with Crippen molar-refractivity contribution in [3.8, 4) is 22.9 Å². The lowest BCUT2D eigenvalue weighted by Gasteiger charge is -2.14. The van der Waals surface area contributed by atoms with E-state index in [4.69, 9.17) is 0 Å². The van der Waals surface area contributed by atoms with Crippen LogP contribution in [0.2, 0.25) is 0 Å². The molecule has 1 aliphatic heterocycles. The molecule has 2 heterocycles. The van der Waals surface area contributed by atoms with Gasteiger partial charge in [-0.1, -0.05) is 66.7 Å². The van der Waals surface area contributed by atoms with Crippen molar-refractivity contribution in [2.75, 3.05) is 4.90 Å². The van der Waals surface area contributed by atoms with Crippen LogP contribution in [0.3, 0.4) is 0 Å². The Kier molecular flexibility index (Phi) is 4.75. The van der Waals surface area contributed by atoms with Crippen LogP contribution in [0.25, 0.3) is 38.6 Å². The summed E-state index contributed by atoms with van der Waals surface area (Å²) < 4.78 is 2.06. The molecule has 5 aromatic carbocycles. The van der Waals surface area contributed by atoms with Gasteiger partial charge in [0, 0.05) is 10.8 Å². The topological polar surface area (TPSA) is 66.1 Å². The quantitative estimate of drug-likeness (QED) is 0.249. The molecule has 0 aliphatic carbocycles. The van der Waals surface area contributed by atoms with Crippen molar-refractivity contribution in [1.82, 2.24) is 4.57 Å². The number of carbonyl (C=O) groups is 2. The smallest absolute Gasteiger partial charge is 0.268 e. The normalized spacial score (nSPS) is 12.8. The Morgan fingerprint density at radius 1 is 0.605 bits per heavy atom. The molecule has 5 nitrogen and oxygen atoms in total. The van der Waals surface area contributed by atoms with Gasteiger partial charge in [0.2, 0.25) is 0 Å². The number of fused-ring (bicyclic) bond motifs is 4. The molecule has 0 radical (unpaired) electrons. The van der Waals surface area contributed by atoms with Gasteiger partial charge < -0.3 is 4.57 Å². The molecule has 2 amide bonds. The van der Waals surface area contributed by atoms with E-state index in [0.717, 1.165) is 32.9 Å². The third kappa shape index (κ3) is 3.04. The summed E-state index contributed by atoms with van der Waals surface area (Å²) in [6.45, 7) is 0. The zero-order valence-corrected chi connectivity index (χ0v) is 20.1. The molecule has 6 aromatic rings. The molecule has 0 spiro atoms. The molecule has 5 heteroatoms. The van der Waals surface area contributed by atoms with Gasteiger partial charge in [0.05, 0.1) is 45.2 Å².